The Balaban J connectivity index is 3.55. The van der Waals surface area contributed by atoms with E-state index in [1.54, 1.807) is 13.1 Å². The largest absolute Gasteiger partial charge is 0.393 e. The molecule has 1 aromatic heterocycles. The summed E-state index contributed by atoms with van der Waals surface area (Å²) in [6, 6.07) is 0. The first-order valence-electron chi connectivity index (χ1n) is 4.65. The van der Waals surface area contributed by atoms with E-state index in [0.717, 1.165) is 0 Å². The fourth-order valence-electron chi connectivity index (χ4n) is 1.34. The molecule has 0 radical (unpaired) electrons. The molecule has 0 bridgehead atoms. The van der Waals surface area contributed by atoms with E-state index in [9.17, 15) is 10.1 Å². The molecule has 0 atom stereocenters. The second-order valence-corrected chi connectivity index (χ2v) is 4.56. The normalized spacial score (nSPS) is 11.5. The van der Waals surface area contributed by atoms with E-state index in [2.05, 4.69) is 4.98 Å². The molecular weight excluding hydrogens is 194 g/mol. The third-order valence-electron chi connectivity index (χ3n) is 2.18. The van der Waals surface area contributed by atoms with Crippen molar-refractivity contribution in [3.63, 3.8) is 0 Å². The fourth-order valence-corrected chi connectivity index (χ4v) is 1.34. The first kappa shape index (κ1) is 11.4. The van der Waals surface area contributed by atoms with Crippen LogP contribution in [-0.2, 0) is 5.41 Å². The quantitative estimate of drug-likeness (QED) is 0.567. The minimum absolute atomic E-state index is 0.0671. The van der Waals surface area contributed by atoms with Gasteiger partial charge in [0.15, 0.2) is 0 Å². The van der Waals surface area contributed by atoms with E-state index in [0.29, 0.717) is 11.3 Å². The van der Waals surface area contributed by atoms with Crippen LogP contribution in [0.25, 0.3) is 0 Å². The zero-order valence-electron chi connectivity index (χ0n) is 9.37. The van der Waals surface area contributed by atoms with E-state index in [1.165, 1.54) is 0 Å². The van der Waals surface area contributed by atoms with Gasteiger partial charge < -0.3 is 5.73 Å². The van der Waals surface area contributed by atoms with Crippen LogP contribution in [0.5, 0.6) is 0 Å². The standard InChI is InChI=1S/C10H15N3O2/c1-6-5-12-9(10(2,3)4)8(7(6)11)13(14)15/h5H,1-4H3,(H2,11,12). The molecule has 0 saturated heterocycles. The first-order chi connectivity index (χ1) is 6.75. The Kier molecular flexibility index (Phi) is 2.66. The Morgan fingerprint density at radius 1 is 1.47 bits per heavy atom. The summed E-state index contributed by atoms with van der Waals surface area (Å²) in [6.07, 6.45) is 1.57. The van der Waals surface area contributed by atoms with Crippen molar-refractivity contribution >= 4 is 11.4 Å². The van der Waals surface area contributed by atoms with Crippen molar-refractivity contribution in [2.75, 3.05) is 5.73 Å². The van der Waals surface area contributed by atoms with Crippen LogP contribution in [0.15, 0.2) is 6.20 Å². The van der Waals surface area contributed by atoms with Crippen molar-refractivity contribution < 1.29 is 4.92 Å². The van der Waals surface area contributed by atoms with Crippen LogP contribution >= 0.6 is 0 Å². The number of rotatable bonds is 1. The molecule has 82 valence electrons. The monoisotopic (exact) mass is 209 g/mol. The number of pyridine rings is 1. The Bertz CT molecular complexity index is 408. The lowest BCUT2D eigenvalue weighted by Gasteiger charge is -2.18. The average Bonchev–Trinajstić information content (AvgIpc) is 2.06. The zero-order chi connectivity index (χ0) is 11.8. The summed E-state index contributed by atoms with van der Waals surface area (Å²) in [6.45, 7) is 7.33. The molecule has 1 heterocycles. The van der Waals surface area contributed by atoms with Crippen LogP contribution in [0.4, 0.5) is 11.4 Å². The lowest BCUT2D eigenvalue weighted by atomic mass is 9.89. The topological polar surface area (TPSA) is 82.0 Å². The molecule has 0 amide bonds. The first-order valence-corrected chi connectivity index (χ1v) is 4.65. The van der Waals surface area contributed by atoms with E-state index in [-0.39, 0.29) is 16.8 Å². The van der Waals surface area contributed by atoms with Gasteiger partial charge in [-0.15, -0.1) is 0 Å². The molecule has 1 aromatic rings. The van der Waals surface area contributed by atoms with Crippen molar-refractivity contribution in [2.45, 2.75) is 33.1 Å². The summed E-state index contributed by atoms with van der Waals surface area (Å²) in [5.41, 5.74) is 6.52. The Hall–Kier alpha value is -1.65. The van der Waals surface area contributed by atoms with E-state index >= 15 is 0 Å². The average molecular weight is 209 g/mol. The van der Waals surface area contributed by atoms with E-state index in [4.69, 9.17) is 5.73 Å². The third-order valence-corrected chi connectivity index (χ3v) is 2.18. The summed E-state index contributed by atoms with van der Waals surface area (Å²) in [4.78, 5) is 14.6. The Morgan fingerprint density at radius 2 is 2.00 bits per heavy atom. The maximum atomic E-state index is 10.9. The Morgan fingerprint density at radius 3 is 2.40 bits per heavy atom. The van der Waals surface area contributed by atoms with Crippen LogP contribution in [0.2, 0.25) is 0 Å². The molecule has 1 rings (SSSR count). The molecule has 0 saturated carbocycles. The summed E-state index contributed by atoms with van der Waals surface area (Å²) < 4.78 is 0. The number of nitrogens with two attached hydrogens (primary N) is 1. The van der Waals surface area contributed by atoms with E-state index < -0.39 is 4.92 Å². The predicted molar refractivity (Wildman–Crippen MR) is 58.7 cm³/mol. The molecule has 2 N–H and O–H groups in total. The van der Waals surface area contributed by atoms with Gasteiger partial charge in [0.25, 0.3) is 0 Å². The third kappa shape index (κ3) is 2.06. The van der Waals surface area contributed by atoms with Crippen molar-refractivity contribution in [2.24, 2.45) is 0 Å². The Labute approximate surface area is 88.5 Å². The van der Waals surface area contributed by atoms with Crippen molar-refractivity contribution in [1.82, 2.24) is 4.98 Å². The molecule has 15 heavy (non-hydrogen) atoms. The van der Waals surface area contributed by atoms with Gasteiger partial charge in [-0.25, -0.2) is 0 Å². The molecular formula is C10H15N3O2. The SMILES string of the molecule is Cc1cnc(C(C)(C)C)c([N+](=O)[O-])c1N. The number of aryl methyl sites for hydroxylation is 1. The highest BCUT2D eigenvalue weighted by molar-refractivity contribution is 5.65. The van der Waals surface area contributed by atoms with Gasteiger partial charge in [-0.3, -0.25) is 15.1 Å². The zero-order valence-corrected chi connectivity index (χ0v) is 9.37. The molecule has 0 aliphatic carbocycles. The highest BCUT2D eigenvalue weighted by Gasteiger charge is 2.29. The van der Waals surface area contributed by atoms with Crippen LogP contribution in [0, 0.1) is 17.0 Å². The van der Waals surface area contributed by atoms with Gasteiger partial charge in [-0.2, -0.15) is 0 Å². The highest BCUT2D eigenvalue weighted by Crippen LogP contribution is 2.34. The smallest absolute Gasteiger partial charge is 0.314 e. The van der Waals surface area contributed by atoms with Gasteiger partial charge in [0, 0.05) is 11.6 Å². The number of hydrogen-bond acceptors (Lipinski definition) is 4. The van der Waals surface area contributed by atoms with Gasteiger partial charge >= 0.3 is 5.69 Å². The van der Waals surface area contributed by atoms with Gasteiger partial charge in [-0.05, 0) is 12.5 Å². The number of nitrogens with zero attached hydrogens (tertiary/aromatic N) is 2. The van der Waals surface area contributed by atoms with Crippen molar-refractivity contribution in [3.05, 3.63) is 27.6 Å². The molecule has 0 spiro atoms. The molecule has 5 nitrogen and oxygen atoms in total. The van der Waals surface area contributed by atoms with Crippen LogP contribution in [-0.4, -0.2) is 9.91 Å². The number of aromatic nitrogens is 1. The van der Waals surface area contributed by atoms with E-state index in [1.807, 2.05) is 20.8 Å². The number of anilines is 1. The number of nitro groups is 1. The molecule has 0 aliphatic heterocycles. The maximum Gasteiger partial charge on any atom is 0.314 e. The minimum atomic E-state index is -0.462. The minimum Gasteiger partial charge on any atom is -0.393 e. The van der Waals surface area contributed by atoms with Gasteiger partial charge in [0.1, 0.15) is 11.4 Å². The summed E-state index contributed by atoms with van der Waals surface area (Å²) in [5, 5.41) is 10.9. The summed E-state index contributed by atoms with van der Waals surface area (Å²) in [7, 11) is 0. The summed E-state index contributed by atoms with van der Waals surface area (Å²) in [5.74, 6) is 0. The lowest BCUT2D eigenvalue weighted by molar-refractivity contribution is -0.385. The second kappa shape index (κ2) is 3.49. The number of hydrogen-bond donors (Lipinski definition) is 1. The summed E-state index contributed by atoms with van der Waals surface area (Å²) >= 11 is 0. The van der Waals surface area contributed by atoms with Crippen molar-refractivity contribution in [3.8, 4) is 0 Å². The predicted octanol–water partition coefficient (Wildman–Crippen LogP) is 2.18. The second-order valence-electron chi connectivity index (χ2n) is 4.56. The van der Waals surface area contributed by atoms with Gasteiger partial charge in [0.2, 0.25) is 0 Å². The maximum absolute atomic E-state index is 10.9. The van der Waals surface area contributed by atoms with Crippen LogP contribution < -0.4 is 5.73 Å². The lowest BCUT2D eigenvalue weighted by Crippen LogP contribution is -2.17. The molecule has 0 fully saturated rings. The van der Waals surface area contributed by atoms with Crippen LogP contribution in [0.3, 0.4) is 0 Å². The van der Waals surface area contributed by atoms with Crippen LogP contribution in [0.1, 0.15) is 32.0 Å². The van der Waals surface area contributed by atoms with Gasteiger partial charge in [-0.1, -0.05) is 20.8 Å². The fraction of sp³-hybridized carbons (Fsp3) is 0.500. The van der Waals surface area contributed by atoms with Crippen molar-refractivity contribution in [1.29, 1.82) is 0 Å². The molecule has 0 aliphatic rings. The highest BCUT2D eigenvalue weighted by atomic mass is 16.6. The van der Waals surface area contributed by atoms with Gasteiger partial charge in [0.05, 0.1) is 4.92 Å². The molecule has 5 heteroatoms. The molecule has 0 unspecified atom stereocenters. The molecule has 0 aromatic carbocycles. The number of nitrogen functional groups attached to an aromatic ring is 1.